The minimum atomic E-state index is -0.616. The van der Waals surface area contributed by atoms with Crippen LogP contribution in [-0.2, 0) is 14.3 Å². The number of carbonyl (C=O) groups excluding carboxylic acids is 1. The fraction of sp³-hybridized carbons (Fsp3) is 0.588. The highest BCUT2D eigenvalue weighted by Crippen LogP contribution is 2.43. The molecular formula is C17H23NO4S. The van der Waals surface area contributed by atoms with Gasteiger partial charge in [-0.25, -0.2) is 0 Å². The van der Waals surface area contributed by atoms with Crippen LogP contribution in [0.15, 0.2) is 29.2 Å². The molecule has 0 radical (unpaired) electrons. The lowest BCUT2D eigenvalue weighted by Gasteiger charge is -2.28. The lowest BCUT2D eigenvalue weighted by Crippen LogP contribution is -2.39. The molecule has 1 fully saturated rings. The molecule has 0 aliphatic carbocycles. The molecule has 126 valence electrons. The molecule has 2 aliphatic rings. The molecule has 0 aromatic heterocycles. The summed E-state index contributed by atoms with van der Waals surface area (Å²) in [5.74, 6) is -0.842. The summed E-state index contributed by atoms with van der Waals surface area (Å²) in [4.78, 5) is 13.8. The molecule has 6 heteroatoms. The van der Waals surface area contributed by atoms with Crippen molar-refractivity contribution in [3.8, 4) is 0 Å². The summed E-state index contributed by atoms with van der Waals surface area (Å²) >= 11 is 1.67. The number of hydrogen-bond acceptors (Lipinski definition) is 5. The second kappa shape index (κ2) is 6.81. The fourth-order valence-corrected chi connectivity index (χ4v) is 4.50. The molecule has 1 aromatic rings. The van der Waals surface area contributed by atoms with Gasteiger partial charge in [0, 0.05) is 16.8 Å². The monoisotopic (exact) mass is 337 g/mol. The largest absolute Gasteiger partial charge is 0.396 e. The molecule has 0 bridgehead atoms. The third-order valence-electron chi connectivity index (χ3n) is 4.21. The summed E-state index contributed by atoms with van der Waals surface area (Å²) in [5.41, 5.74) is 0.845. The van der Waals surface area contributed by atoms with E-state index in [0.717, 1.165) is 10.6 Å². The molecule has 0 spiro atoms. The molecule has 1 aromatic carbocycles. The number of anilines is 1. The minimum absolute atomic E-state index is 0.00536. The molecule has 23 heavy (non-hydrogen) atoms. The van der Waals surface area contributed by atoms with Crippen molar-refractivity contribution in [2.75, 3.05) is 18.5 Å². The smallest absolute Gasteiger partial charge is 0.228 e. The van der Waals surface area contributed by atoms with Crippen LogP contribution in [0.25, 0.3) is 0 Å². The van der Waals surface area contributed by atoms with Gasteiger partial charge in [-0.3, -0.25) is 4.79 Å². The van der Waals surface area contributed by atoms with E-state index in [1.165, 1.54) is 0 Å². The topological polar surface area (TPSA) is 67.8 Å². The van der Waals surface area contributed by atoms with Crippen LogP contribution in [0.4, 0.5) is 5.69 Å². The molecule has 0 saturated carbocycles. The highest BCUT2D eigenvalue weighted by Gasteiger charge is 2.44. The average Bonchev–Trinajstić information content (AvgIpc) is 2.80. The Bertz CT molecular complexity index is 577. The first kappa shape index (κ1) is 16.8. The van der Waals surface area contributed by atoms with Crippen molar-refractivity contribution in [2.24, 2.45) is 5.92 Å². The van der Waals surface area contributed by atoms with E-state index in [2.05, 4.69) is 5.32 Å². The number of benzene rings is 1. The summed E-state index contributed by atoms with van der Waals surface area (Å²) < 4.78 is 11.7. The molecule has 1 amide bonds. The number of nitrogens with one attached hydrogen (secondary N) is 1. The quantitative estimate of drug-likeness (QED) is 0.884. The molecule has 2 aliphatic heterocycles. The average molecular weight is 337 g/mol. The number of aliphatic hydroxyl groups excluding tert-OH is 1. The van der Waals surface area contributed by atoms with E-state index < -0.39 is 5.79 Å². The number of hydrogen-bond donors (Lipinski definition) is 2. The molecule has 1 saturated heterocycles. The van der Waals surface area contributed by atoms with E-state index in [9.17, 15) is 4.79 Å². The number of para-hydroxylation sites is 1. The van der Waals surface area contributed by atoms with Gasteiger partial charge in [-0.2, -0.15) is 0 Å². The van der Waals surface area contributed by atoms with Gasteiger partial charge in [0.05, 0.1) is 24.3 Å². The third kappa shape index (κ3) is 3.71. The second-order valence-corrected chi connectivity index (χ2v) is 7.63. The third-order valence-corrected chi connectivity index (χ3v) is 5.73. The van der Waals surface area contributed by atoms with Gasteiger partial charge in [0.1, 0.15) is 0 Å². The normalized spacial score (nSPS) is 29.7. The van der Waals surface area contributed by atoms with Gasteiger partial charge in [0.25, 0.3) is 0 Å². The van der Waals surface area contributed by atoms with Crippen LogP contribution in [0, 0.1) is 5.92 Å². The SMILES string of the molecule is CC1(C)OC[C@@H]([C@H]2Sc3ccccc3NC(=O)[C@H]2CCCO)O1. The van der Waals surface area contributed by atoms with E-state index in [4.69, 9.17) is 14.6 Å². The predicted molar refractivity (Wildman–Crippen MR) is 89.4 cm³/mol. The molecule has 3 rings (SSSR count). The Balaban J connectivity index is 1.89. The number of fused-ring (bicyclic) bond motifs is 1. The van der Waals surface area contributed by atoms with E-state index in [0.29, 0.717) is 19.4 Å². The highest BCUT2D eigenvalue weighted by atomic mass is 32.2. The number of rotatable bonds is 4. The van der Waals surface area contributed by atoms with Crippen LogP contribution in [0.5, 0.6) is 0 Å². The summed E-state index contributed by atoms with van der Waals surface area (Å²) in [6.45, 7) is 4.35. The molecular weight excluding hydrogens is 314 g/mol. The highest BCUT2D eigenvalue weighted by molar-refractivity contribution is 8.00. The molecule has 0 unspecified atom stereocenters. The van der Waals surface area contributed by atoms with Crippen molar-refractivity contribution < 1.29 is 19.4 Å². The zero-order chi connectivity index (χ0) is 16.4. The Labute approximate surface area is 140 Å². The Hall–Kier alpha value is -1.08. The van der Waals surface area contributed by atoms with Crippen LogP contribution in [0.2, 0.25) is 0 Å². The number of aliphatic hydroxyl groups is 1. The van der Waals surface area contributed by atoms with Crippen LogP contribution in [0.3, 0.4) is 0 Å². The maximum absolute atomic E-state index is 12.7. The zero-order valence-electron chi connectivity index (χ0n) is 13.5. The van der Waals surface area contributed by atoms with Crippen molar-refractivity contribution in [1.29, 1.82) is 0 Å². The van der Waals surface area contributed by atoms with Gasteiger partial charge in [-0.1, -0.05) is 12.1 Å². The number of amides is 1. The number of carbonyl (C=O) groups is 1. The predicted octanol–water partition coefficient (Wildman–Crippen LogP) is 2.64. The molecule has 2 heterocycles. The molecule has 5 nitrogen and oxygen atoms in total. The Morgan fingerprint density at radius 1 is 1.39 bits per heavy atom. The summed E-state index contributed by atoms with van der Waals surface area (Å²) in [5, 5.41) is 12.1. The van der Waals surface area contributed by atoms with Crippen LogP contribution in [-0.4, -0.2) is 41.4 Å². The van der Waals surface area contributed by atoms with Crippen molar-refractivity contribution in [3.63, 3.8) is 0 Å². The van der Waals surface area contributed by atoms with Crippen molar-refractivity contribution in [1.82, 2.24) is 0 Å². The first-order valence-electron chi connectivity index (χ1n) is 7.99. The van der Waals surface area contributed by atoms with Crippen LogP contribution < -0.4 is 5.32 Å². The van der Waals surface area contributed by atoms with Crippen molar-refractivity contribution in [3.05, 3.63) is 24.3 Å². The van der Waals surface area contributed by atoms with E-state index in [-0.39, 0.29) is 29.8 Å². The standard InChI is InChI=1S/C17H23NO4S/c1-17(2)21-10-13(22-17)15-11(6-5-9-19)16(20)18-12-7-3-4-8-14(12)23-15/h3-4,7-8,11,13,15,19H,5-6,9-10H2,1-2H3,(H,18,20)/t11-,13-,15-/m0/s1. The van der Waals surface area contributed by atoms with E-state index in [1.54, 1.807) is 11.8 Å². The zero-order valence-corrected chi connectivity index (χ0v) is 14.3. The summed E-state index contributed by atoms with van der Waals surface area (Å²) in [6.07, 6.45) is 1.09. The fourth-order valence-electron chi connectivity index (χ4n) is 3.09. The van der Waals surface area contributed by atoms with E-state index in [1.807, 2.05) is 38.1 Å². The van der Waals surface area contributed by atoms with E-state index >= 15 is 0 Å². The van der Waals surface area contributed by atoms with Gasteiger partial charge in [0.15, 0.2) is 5.79 Å². The first-order valence-corrected chi connectivity index (χ1v) is 8.87. The maximum Gasteiger partial charge on any atom is 0.228 e. The molecule has 2 N–H and O–H groups in total. The summed E-state index contributed by atoms with van der Waals surface area (Å²) in [6, 6.07) is 7.82. The lowest BCUT2D eigenvalue weighted by molar-refractivity contribution is -0.141. The van der Waals surface area contributed by atoms with Crippen molar-refractivity contribution >= 4 is 23.4 Å². The Kier molecular flexibility index (Phi) is 4.96. The first-order chi connectivity index (χ1) is 11.0. The number of ether oxygens (including phenoxy) is 2. The lowest BCUT2D eigenvalue weighted by atomic mass is 9.94. The Morgan fingerprint density at radius 3 is 2.87 bits per heavy atom. The number of thioether (sulfide) groups is 1. The minimum Gasteiger partial charge on any atom is -0.396 e. The van der Waals surface area contributed by atoms with Gasteiger partial charge < -0.3 is 19.9 Å². The van der Waals surface area contributed by atoms with Gasteiger partial charge in [-0.15, -0.1) is 11.8 Å². The second-order valence-electron chi connectivity index (χ2n) is 6.41. The Morgan fingerprint density at radius 2 is 2.17 bits per heavy atom. The van der Waals surface area contributed by atoms with Gasteiger partial charge >= 0.3 is 0 Å². The summed E-state index contributed by atoms with van der Waals surface area (Å²) in [7, 11) is 0. The van der Waals surface area contributed by atoms with Crippen LogP contribution >= 0.6 is 11.8 Å². The van der Waals surface area contributed by atoms with Gasteiger partial charge in [0.2, 0.25) is 5.91 Å². The maximum atomic E-state index is 12.7. The van der Waals surface area contributed by atoms with Crippen molar-refractivity contribution in [2.45, 2.75) is 48.7 Å². The van der Waals surface area contributed by atoms with Crippen LogP contribution in [0.1, 0.15) is 26.7 Å². The van der Waals surface area contributed by atoms with Gasteiger partial charge in [-0.05, 0) is 38.8 Å². The molecule has 3 atom stereocenters.